The smallest absolute Gasteiger partial charge is 0.0759 e. The van der Waals surface area contributed by atoms with Crippen LogP contribution in [0.3, 0.4) is 0 Å². The van der Waals surface area contributed by atoms with Gasteiger partial charge in [-0.1, -0.05) is 44.2 Å². The van der Waals surface area contributed by atoms with Crippen molar-refractivity contribution in [2.24, 2.45) is 11.8 Å². The predicted octanol–water partition coefficient (Wildman–Crippen LogP) is 4.52. The first kappa shape index (κ1) is 12.9. The first-order valence-corrected chi connectivity index (χ1v) is 6.61. The first-order valence-electron chi connectivity index (χ1n) is 6.61. The Morgan fingerprint density at radius 1 is 1.27 bits per heavy atom. The van der Waals surface area contributed by atoms with E-state index in [4.69, 9.17) is 7.85 Å². The van der Waals surface area contributed by atoms with E-state index in [1.165, 1.54) is 37.7 Å². The third-order valence-corrected chi connectivity index (χ3v) is 4.05. The van der Waals surface area contributed by atoms with Gasteiger partial charge in [0.1, 0.15) is 0 Å². The van der Waals surface area contributed by atoms with Crippen LogP contribution in [0.2, 0.25) is 5.82 Å². The van der Waals surface area contributed by atoms with Crippen molar-refractivity contribution in [2.75, 3.05) is 0 Å². The summed E-state index contributed by atoms with van der Waals surface area (Å²) in [6, 6.07) is 0. The fourth-order valence-corrected chi connectivity index (χ4v) is 3.15. The highest BCUT2D eigenvalue weighted by Gasteiger charge is 2.30. The van der Waals surface area contributed by atoms with Crippen LogP contribution in [0.1, 0.15) is 59.8 Å². The van der Waals surface area contributed by atoms with Gasteiger partial charge in [0.2, 0.25) is 0 Å². The summed E-state index contributed by atoms with van der Waals surface area (Å²) in [6.07, 6.45) is 6.36. The largest absolute Gasteiger partial charge is 0.0791 e. The van der Waals surface area contributed by atoms with Crippen molar-refractivity contribution < 1.29 is 0 Å². The van der Waals surface area contributed by atoms with Gasteiger partial charge >= 0.3 is 0 Å². The van der Waals surface area contributed by atoms with E-state index in [9.17, 15) is 0 Å². The summed E-state index contributed by atoms with van der Waals surface area (Å²) < 4.78 is 0. The summed E-state index contributed by atoms with van der Waals surface area (Å²) >= 11 is 0. The van der Waals surface area contributed by atoms with Crippen molar-refractivity contribution >= 4 is 7.85 Å². The van der Waals surface area contributed by atoms with E-state index in [2.05, 4.69) is 27.7 Å². The Bertz CT molecular complexity index is 225. The second-order valence-electron chi connectivity index (χ2n) is 4.98. The molecule has 0 heterocycles. The van der Waals surface area contributed by atoms with E-state index in [0.29, 0.717) is 5.82 Å². The zero-order valence-corrected chi connectivity index (χ0v) is 10.8. The Morgan fingerprint density at radius 3 is 2.33 bits per heavy atom. The molecule has 0 aromatic heterocycles. The summed E-state index contributed by atoms with van der Waals surface area (Å²) in [5.74, 6) is 1.92. The summed E-state index contributed by atoms with van der Waals surface area (Å²) in [5, 5.41) is 0. The Hall–Kier alpha value is -0.195. The molecule has 0 N–H and O–H groups in total. The molecular formula is C14H25B. The lowest BCUT2D eigenvalue weighted by Crippen LogP contribution is -2.09. The van der Waals surface area contributed by atoms with Gasteiger partial charge in [-0.3, -0.25) is 0 Å². The lowest BCUT2D eigenvalue weighted by atomic mass is 9.81. The Labute approximate surface area is 96.9 Å². The monoisotopic (exact) mass is 204 g/mol. The molecule has 0 nitrogen and oxygen atoms in total. The molecule has 0 fully saturated rings. The molecule has 0 amide bonds. The molecule has 0 saturated carbocycles. The molecule has 0 aromatic rings. The highest BCUT2D eigenvalue weighted by molar-refractivity contribution is 6.14. The van der Waals surface area contributed by atoms with Crippen LogP contribution >= 0.6 is 0 Å². The van der Waals surface area contributed by atoms with Gasteiger partial charge in [0, 0.05) is 0 Å². The van der Waals surface area contributed by atoms with Crippen LogP contribution < -0.4 is 0 Å². The maximum absolute atomic E-state index is 6.18. The molecule has 0 bridgehead atoms. The van der Waals surface area contributed by atoms with Gasteiger partial charge in [-0.15, -0.1) is 0 Å². The minimum atomic E-state index is 0.345. The van der Waals surface area contributed by atoms with E-state index in [1.807, 2.05) is 0 Å². The fraction of sp³-hybridized carbons (Fsp3) is 0.857. The molecule has 2 radical (unpaired) electrons. The van der Waals surface area contributed by atoms with Crippen molar-refractivity contribution in [1.29, 1.82) is 0 Å². The molecule has 0 saturated heterocycles. The van der Waals surface area contributed by atoms with Gasteiger partial charge < -0.3 is 0 Å². The van der Waals surface area contributed by atoms with Crippen LogP contribution in [0.4, 0.5) is 0 Å². The second-order valence-corrected chi connectivity index (χ2v) is 4.98. The lowest BCUT2D eigenvalue weighted by molar-refractivity contribution is 0.456. The van der Waals surface area contributed by atoms with E-state index in [1.54, 1.807) is 5.57 Å². The summed E-state index contributed by atoms with van der Waals surface area (Å²) in [7, 11) is 6.18. The summed E-state index contributed by atoms with van der Waals surface area (Å²) in [4.78, 5) is 0. The molecule has 2 atom stereocenters. The average Bonchev–Trinajstić information content (AvgIpc) is 2.48. The van der Waals surface area contributed by atoms with Gasteiger partial charge in [-0.25, -0.2) is 0 Å². The van der Waals surface area contributed by atoms with E-state index in [0.717, 1.165) is 11.8 Å². The second kappa shape index (κ2) is 5.77. The van der Waals surface area contributed by atoms with Crippen LogP contribution in [0.15, 0.2) is 11.1 Å². The topological polar surface area (TPSA) is 0 Å². The SMILES string of the molecule is [B]C1CC(CCC)C(C(CC)CC)=C1C. The average molecular weight is 204 g/mol. The maximum Gasteiger partial charge on any atom is 0.0759 e. The van der Waals surface area contributed by atoms with Gasteiger partial charge in [-0.2, -0.15) is 0 Å². The molecule has 0 spiro atoms. The molecule has 0 aromatic carbocycles. The highest BCUT2D eigenvalue weighted by atomic mass is 14.3. The molecule has 84 valence electrons. The third kappa shape index (κ3) is 2.68. The molecular weight excluding hydrogens is 179 g/mol. The molecule has 1 rings (SSSR count). The van der Waals surface area contributed by atoms with Gasteiger partial charge in [0.15, 0.2) is 0 Å². The normalized spacial score (nSPS) is 26.7. The van der Waals surface area contributed by atoms with E-state index in [-0.39, 0.29) is 0 Å². The maximum atomic E-state index is 6.18. The number of rotatable bonds is 5. The minimum Gasteiger partial charge on any atom is -0.0791 e. The standard InChI is InChI=1S/C14H25B/c1-5-8-12-9-13(15)10(4)14(12)11(6-2)7-3/h11-13H,5-9H2,1-4H3. The molecule has 1 aliphatic carbocycles. The zero-order chi connectivity index (χ0) is 11.4. The number of hydrogen-bond donors (Lipinski definition) is 0. The highest BCUT2D eigenvalue weighted by Crippen LogP contribution is 2.45. The van der Waals surface area contributed by atoms with Crippen LogP contribution in [0.5, 0.6) is 0 Å². The number of hydrogen-bond acceptors (Lipinski definition) is 0. The van der Waals surface area contributed by atoms with Crippen LogP contribution in [-0.4, -0.2) is 7.85 Å². The first-order chi connectivity index (χ1) is 7.15. The molecule has 1 heteroatoms. The van der Waals surface area contributed by atoms with Crippen molar-refractivity contribution in [3.05, 3.63) is 11.1 Å². The third-order valence-electron chi connectivity index (χ3n) is 4.05. The summed E-state index contributed by atoms with van der Waals surface area (Å²) in [5.41, 5.74) is 3.22. The summed E-state index contributed by atoms with van der Waals surface area (Å²) in [6.45, 7) is 9.15. The molecule has 0 aliphatic heterocycles. The number of allylic oxidation sites excluding steroid dienone is 2. The molecule has 2 unspecified atom stereocenters. The molecule has 1 aliphatic rings. The predicted molar refractivity (Wildman–Crippen MR) is 69.3 cm³/mol. The Balaban J connectivity index is 2.86. The Morgan fingerprint density at radius 2 is 1.87 bits per heavy atom. The van der Waals surface area contributed by atoms with Crippen LogP contribution in [-0.2, 0) is 0 Å². The van der Waals surface area contributed by atoms with Gasteiger partial charge in [-0.05, 0) is 44.4 Å². The lowest BCUT2D eigenvalue weighted by Gasteiger charge is -2.22. The van der Waals surface area contributed by atoms with Gasteiger partial charge in [0.25, 0.3) is 0 Å². The van der Waals surface area contributed by atoms with Crippen LogP contribution in [0, 0.1) is 11.8 Å². The zero-order valence-electron chi connectivity index (χ0n) is 10.8. The van der Waals surface area contributed by atoms with Crippen molar-refractivity contribution in [2.45, 2.75) is 65.6 Å². The fourth-order valence-electron chi connectivity index (χ4n) is 3.15. The van der Waals surface area contributed by atoms with Gasteiger partial charge in [0.05, 0.1) is 7.85 Å². The van der Waals surface area contributed by atoms with E-state index < -0.39 is 0 Å². The minimum absolute atomic E-state index is 0.345. The molecule has 15 heavy (non-hydrogen) atoms. The quantitative estimate of drug-likeness (QED) is 0.456. The van der Waals surface area contributed by atoms with Crippen molar-refractivity contribution in [1.82, 2.24) is 0 Å². The van der Waals surface area contributed by atoms with Crippen molar-refractivity contribution in [3.63, 3.8) is 0 Å². The Kier molecular flexibility index (Phi) is 4.95. The van der Waals surface area contributed by atoms with E-state index >= 15 is 0 Å². The van der Waals surface area contributed by atoms with Crippen LogP contribution in [0.25, 0.3) is 0 Å². The van der Waals surface area contributed by atoms with Crippen molar-refractivity contribution in [3.8, 4) is 0 Å².